The van der Waals surface area contributed by atoms with Crippen molar-refractivity contribution in [1.82, 2.24) is 0 Å². The Morgan fingerprint density at radius 1 is 1.25 bits per heavy atom. The van der Waals surface area contributed by atoms with E-state index in [0.717, 1.165) is 12.8 Å². The lowest BCUT2D eigenvalue weighted by Crippen LogP contribution is -2.21. The van der Waals surface area contributed by atoms with Gasteiger partial charge in [0.25, 0.3) is 0 Å². The third-order valence-electron chi connectivity index (χ3n) is 1.90. The number of ether oxygens (including phenoxy) is 1. The Hall–Kier alpha value is -1.25. The summed E-state index contributed by atoms with van der Waals surface area (Å²) in [5.74, 6) is 0. The van der Waals surface area contributed by atoms with Crippen LogP contribution in [0.4, 0.5) is 13.2 Å². The highest BCUT2D eigenvalue weighted by Crippen LogP contribution is 2.20. The first-order valence-electron chi connectivity index (χ1n) is 5.68. The molecule has 1 rings (SSSR count). The van der Waals surface area contributed by atoms with E-state index in [1.807, 2.05) is 24.8 Å². The Labute approximate surface area is 116 Å². The average molecular weight is 312 g/mol. The Kier molecular flexibility index (Phi) is 8.28. The molecule has 0 aliphatic carbocycles. The van der Waals surface area contributed by atoms with Crippen molar-refractivity contribution in [2.24, 2.45) is 0 Å². The first kappa shape index (κ1) is 18.8. The molecule has 0 radical (unpaired) electrons. The second-order valence-electron chi connectivity index (χ2n) is 3.65. The van der Waals surface area contributed by atoms with Crippen molar-refractivity contribution in [3.05, 3.63) is 42.5 Å². The predicted octanol–water partition coefficient (Wildman–Crippen LogP) is 3.22. The zero-order valence-electron chi connectivity index (χ0n) is 10.8. The summed E-state index contributed by atoms with van der Waals surface area (Å²) in [5.41, 5.74) is -4.42. The highest BCUT2D eigenvalue weighted by atomic mass is 32.2. The zero-order chi connectivity index (χ0) is 15.6. The molecule has 0 amide bonds. The second-order valence-corrected chi connectivity index (χ2v) is 5.02. The molecule has 0 fully saturated rings. The van der Waals surface area contributed by atoms with Crippen LogP contribution in [-0.2, 0) is 21.5 Å². The van der Waals surface area contributed by atoms with E-state index in [4.69, 9.17) is 17.7 Å². The molecule has 20 heavy (non-hydrogen) atoms. The lowest BCUT2D eigenvalue weighted by molar-refractivity contribution is -0.0517. The largest absolute Gasteiger partial charge is 0.741 e. The topological polar surface area (TPSA) is 66.4 Å². The van der Waals surface area contributed by atoms with Crippen LogP contribution in [0.1, 0.15) is 25.3 Å². The Bertz CT molecular complexity index is 457. The minimum absolute atomic E-state index is 0.695. The summed E-state index contributed by atoms with van der Waals surface area (Å²) in [5, 5.41) is 0. The summed E-state index contributed by atoms with van der Waals surface area (Å²) in [7, 11) is -6.09. The molecule has 0 saturated heterocycles. The molecule has 0 N–H and O–H groups in total. The minimum Gasteiger partial charge on any atom is -0.741 e. The maximum absolute atomic E-state index is 10.7. The van der Waals surface area contributed by atoms with E-state index in [2.05, 4.69) is 19.1 Å². The molecular formula is C12H15F3O4S. The SMILES string of the molecule is CCC[CH+]OCc1ccccc1.O=S(=O)([O-])C(F)(F)F. The van der Waals surface area contributed by atoms with E-state index < -0.39 is 15.6 Å². The molecule has 0 aromatic heterocycles. The number of hydrogen-bond donors (Lipinski definition) is 0. The van der Waals surface area contributed by atoms with Gasteiger partial charge in [-0.15, -0.1) is 0 Å². The summed E-state index contributed by atoms with van der Waals surface area (Å²) in [6.45, 7) is 4.72. The molecule has 1 aromatic carbocycles. The van der Waals surface area contributed by atoms with Crippen LogP contribution in [0.3, 0.4) is 0 Å². The van der Waals surface area contributed by atoms with Crippen LogP contribution < -0.4 is 0 Å². The van der Waals surface area contributed by atoms with Crippen molar-refractivity contribution in [3.63, 3.8) is 0 Å². The molecule has 114 valence electrons. The summed E-state index contributed by atoms with van der Waals surface area (Å²) >= 11 is 0. The van der Waals surface area contributed by atoms with Crippen LogP contribution in [0.5, 0.6) is 0 Å². The maximum atomic E-state index is 10.7. The van der Waals surface area contributed by atoms with Crippen molar-refractivity contribution in [2.45, 2.75) is 31.9 Å². The van der Waals surface area contributed by atoms with Crippen molar-refractivity contribution in [3.8, 4) is 0 Å². The number of halogens is 3. The summed E-state index contributed by atoms with van der Waals surface area (Å²) in [4.78, 5) is 0. The standard InChI is InChI=1S/C11H15O.CHF3O3S/c1-2-3-9-12-10-11-7-5-4-6-8-11;2-1(3,4)8(5,6)7/h4-9H,2-3,10H2,1H3;(H,5,6,7)/q+1;/p-1. The fourth-order valence-corrected chi connectivity index (χ4v) is 0.931. The van der Waals surface area contributed by atoms with Crippen LogP contribution in [0.2, 0.25) is 0 Å². The number of alkyl halides is 3. The Morgan fingerprint density at radius 3 is 2.15 bits per heavy atom. The normalized spacial score (nSPS) is 11.4. The van der Waals surface area contributed by atoms with Crippen molar-refractivity contribution < 1.29 is 30.9 Å². The van der Waals surface area contributed by atoms with E-state index in [0.29, 0.717) is 6.61 Å². The van der Waals surface area contributed by atoms with Crippen molar-refractivity contribution >= 4 is 10.1 Å². The molecule has 4 nitrogen and oxygen atoms in total. The van der Waals surface area contributed by atoms with Gasteiger partial charge in [-0.1, -0.05) is 37.3 Å². The van der Waals surface area contributed by atoms with Gasteiger partial charge in [-0.05, 0) is 12.0 Å². The van der Waals surface area contributed by atoms with Gasteiger partial charge in [0.15, 0.2) is 10.1 Å². The first-order valence-corrected chi connectivity index (χ1v) is 7.08. The van der Waals surface area contributed by atoms with E-state index >= 15 is 0 Å². The van der Waals surface area contributed by atoms with Crippen molar-refractivity contribution in [1.29, 1.82) is 0 Å². The molecular weight excluding hydrogens is 297 g/mol. The molecule has 0 saturated carbocycles. The average Bonchev–Trinajstić information content (AvgIpc) is 2.34. The highest BCUT2D eigenvalue weighted by Gasteiger charge is 2.36. The fraction of sp³-hybridized carbons (Fsp3) is 0.417. The van der Waals surface area contributed by atoms with E-state index in [1.54, 1.807) is 0 Å². The molecule has 8 heteroatoms. The van der Waals surface area contributed by atoms with Gasteiger partial charge in [-0.2, -0.15) is 17.9 Å². The van der Waals surface area contributed by atoms with E-state index in [-0.39, 0.29) is 0 Å². The van der Waals surface area contributed by atoms with Crippen LogP contribution in [0.15, 0.2) is 30.3 Å². The molecule has 0 bridgehead atoms. The smallest absolute Gasteiger partial charge is 0.485 e. The lowest BCUT2D eigenvalue weighted by Gasteiger charge is -2.08. The van der Waals surface area contributed by atoms with Gasteiger partial charge in [0, 0.05) is 0 Å². The predicted molar refractivity (Wildman–Crippen MR) is 66.2 cm³/mol. The molecule has 0 aliphatic rings. The first-order chi connectivity index (χ1) is 9.18. The number of benzene rings is 1. The van der Waals surface area contributed by atoms with Crippen LogP contribution >= 0.6 is 0 Å². The summed E-state index contributed by atoms with van der Waals surface area (Å²) in [6.07, 6.45) is 2.18. The second kappa shape index (κ2) is 8.83. The molecule has 1 aromatic rings. The van der Waals surface area contributed by atoms with Gasteiger partial charge in [0.05, 0.1) is 0 Å². The number of hydrogen-bond acceptors (Lipinski definition) is 4. The van der Waals surface area contributed by atoms with Crippen molar-refractivity contribution in [2.75, 3.05) is 0 Å². The lowest BCUT2D eigenvalue weighted by atomic mass is 10.2. The quantitative estimate of drug-likeness (QED) is 0.362. The zero-order valence-corrected chi connectivity index (χ0v) is 11.6. The van der Waals surface area contributed by atoms with Gasteiger partial charge in [-0.3, -0.25) is 0 Å². The summed E-state index contributed by atoms with van der Waals surface area (Å²) in [6, 6.07) is 10.2. The monoisotopic (exact) mass is 312 g/mol. The van der Waals surface area contributed by atoms with Gasteiger partial charge >= 0.3 is 5.51 Å². The van der Waals surface area contributed by atoms with Crippen LogP contribution in [-0.4, -0.2) is 18.5 Å². The Morgan fingerprint density at radius 2 is 1.75 bits per heavy atom. The highest BCUT2D eigenvalue weighted by molar-refractivity contribution is 7.86. The third kappa shape index (κ3) is 8.78. The van der Waals surface area contributed by atoms with Gasteiger partial charge in [0.1, 0.15) is 13.0 Å². The molecule has 0 heterocycles. The molecule has 0 spiro atoms. The van der Waals surface area contributed by atoms with Gasteiger partial charge in [-0.25, -0.2) is 8.42 Å². The molecule has 0 unspecified atom stereocenters. The van der Waals surface area contributed by atoms with Crippen LogP contribution in [0.25, 0.3) is 0 Å². The van der Waals surface area contributed by atoms with Gasteiger partial charge < -0.3 is 4.55 Å². The Balaban J connectivity index is 0.000000396. The maximum Gasteiger partial charge on any atom is 0.485 e. The summed E-state index contributed by atoms with van der Waals surface area (Å²) < 4.78 is 64.2. The number of unbranched alkanes of at least 4 members (excludes halogenated alkanes) is 1. The molecule has 0 aliphatic heterocycles. The van der Waals surface area contributed by atoms with E-state index in [1.165, 1.54) is 5.56 Å². The van der Waals surface area contributed by atoms with Crippen LogP contribution in [0, 0.1) is 6.61 Å². The van der Waals surface area contributed by atoms with Gasteiger partial charge in [0.2, 0.25) is 6.61 Å². The third-order valence-corrected chi connectivity index (χ3v) is 2.47. The minimum atomic E-state index is -6.09. The van der Waals surface area contributed by atoms with E-state index in [9.17, 15) is 13.2 Å². The fourth-order valence-electron chi connectivity index (χ4n) is 0.931. The number of rotatable bonds is 5. The molecule has 0 atom stereocenters.